The molecule has 1 aromatic heterocycles. The Morgan fingerprint density at radius 3 is 2.60 bits per heavy atom. The van der Waals surface area contributed by atoms with E-state index in [0.717, 1.165) is 13.1 Å². The molecule has 1 aromatic carbocycles. The van der Waals surface area contributed by atoms with Crippen molar-refractivity contribution in [1.29, 1.82) is 0 Å². The van der Waals surface area contributed by atoms with Gasteiger partial charge >= 0.3 is 0 Å². The van der Waals surface area contributed by atoms with Crippen LogP contribution in [-0.2, 0) is 13.1 Å². The van der Waals surface area contributed by atoms with Gasteiger partial charge in [0.25, 0.3) is 0 Å². The molecule has 0 spiro atoms. The van der Waals surface area contributed by atoms with Gasteiger partial charge in [0, 0.05) is 25.0 Å². The van der Waals surface area contributed by atoms with Crippen LogP contribution in [0.4, 0.5) is 0 Å². The molecular weight excluding hydrogens is 184 g/mol. The maximum atomic E-state index is 3.18. The summed E-state index contributed by atoms with van der Waals surface area (Å²) < 4.78 is 2.27. The van der Waals surface area contributed by atoms with Crippen LogP contribution in [0.15, 0.2) is 48.7 Å². The van der Waals surface area contributed by atoms with Crippen molar-refractivity contribution in [2.45, 2.75) is 13.1 Å². The molecule has 1 heterocycles. The first kappa shape index (κ1) is 9.99. The van der Waals surface area contributed by atoms with Gasteiger partial charge in [0.05, 0.1) is 0 Å². The first-order chi connectivity index (χ1) is 7.40. The molecule has 78 valence electrons. The molecule has 0 aliphatic rings. The highest BCUT2D eigenvalue weighted by atomic mass is 15.0. The van der Waals surface area contributed by atoms with E-state index in [0.29, 0.717) is 0 Å². The van der Waals surface area contributed by atoms with Crippen LogP contribution >= 0.6 is 0 Å². The molecule has 0 atom stereocenters. The van der Waals surface area contributed by atoms with Crippen LogP contribution in [0.5, 0.6) is 0 Å². The second-order valence-corrected chi connectivity index (χ2v) is 3.64. The summed E-state index contributed by atoms with van der Waals surface area (Å²) >= 11 is 0. The fraction of sp³-hybridized carbons (Fsp3) is 0.231. The molecule has 2 rings (SSSR count). The lowest BCUT2D eigenvalue weighted by Crippen LogP contribution is -2.11. The second kappa shape index (κ2) is 4.80. The Morgan fingerprint density at radius 2 is 1.87 bits per heavy atom. The number of aromatic nitrogens is 1. The summed E-state index contributed by atoms with van der Waals surface area (Å²) in [6.45, 7) is 1.87. The number of rotatable bonds is 4. The fourth-order valence-corrected chi connectivity index (χ4v) is 1.73. The first-order valence-corrected chi connectivity index (χ1v) is 5.22. The van der Waals surface area contributed by atoms with Crippen molar-refractivity contribution in [2.24, 2.45) is 0 Å². The molecule has 2 aromatic rings. The average molecular weight is 200 g/mol. The summed E-state index contributed by atoms with van der Waals surface area (Å²) in [5.74, 6) is 0. The van der Waals surface area contributed by atoms with Gasteiger partial charge in [-0.05, 0) is 24.7 Å². The van der Waals surface area contributed by atoms with E-state index >= 15 is 0 Å². The van der Waals surface area contributed by atoms with Crippen LogP contribution in [0.2, 0.25) is 0 Å². The molecule has 0 radical (unpaired) electrons. The lowest BCUT2D eigenvalue weighted by Gasteiger charge is -2.08. The van der Waals surface area contributed by atoms with Gasteiger partial charge in [-0.3, -0.25) is 0 Å². The third-order valence-electron chi connectivity index (χ3n) is 2.48. The number of benzene rings is 1. The van der Waals surface area contributed by atoms with E-state index < -0.39 is 0 Å². The summed E-state index contributed by atoms with van der Waals surface area (Å²) in [5, 5.41) is 3.18. The van der Waals surface area contributed by atoms with Gasteiger partial charge in [-0.15, -0.1) is 0 Å². The molecule has 0 unspecified atom stereocenters. The lowest BCUT2D eigenvalue weighted by molar-refractivity contribution is 0.694. The molecule has 0 saturated heterocycles. The van der Waals surface area contributed by atoms with Gasteiger partial charge in [-0.2, -0.15) is 0 Å². The Kier molecular flexibility index (Phi) is 3.20. The van der Waals surface area contributed by atoms with Crippen LogP contribution < -0.4 is 5.32 Å². The van der Waals surface area contributed by atoms with Crippen LogP contribution in [0.25, 0.3) is 0 Å². The molecule has 0 aliphatic carbocycles. The summed E-state index contributed by atoms with van der Waals surface area (Å²) in [7, 11) is 1.97. The van der Waals surface area contributed by atoms with E-state index in [4.69, 9.17) is 0 Å². The molecular formula is C13H16N2. The van der Waals surface area contributed by atoms with Crippen LogP contribution in [0, 0.1) is 0 Å². The van der Waals surface area contributed by atoms with Crippen molar-refractivity contribution < 1.29 is 0 Å². The largest absolute Gasteiger partial charge is 0.346 e. The molecule has 0 aliphatic heterocycles. The van der Waals surface area contributed by atoms with Gasteiger partial charge in [-0.1, -0.05) is 30.3 Å². The predicted octanol–water partition coefficient (Wildman–Crippen LogP) is 2.26. The van der Waals surface area contributed by atoms with Crippen molar-refractivity contribution in [3.63, 3.8) is 0 Å². The number of hydrogen-bond acceptors (Lipinski definition) is 1. The topological polar surface area (TPSA) is 17.0 Å². The quantitative estimate of drug-likeness (QED) is 0.801. The summed E-state index contributed by atoms with van der Waals surface area (Å²) in [5.41, 5.74) is 2.66. The van der Waals surface area contributed by atoms with Gasteiger partial charge in [0.1, 0.15) is 0 Å². The Hall–Kier alpha value is -1.54. The highest BCUT2D eigenvalue weighted by Crippen LogP contribution is 2.07. The van der Waals surface area contributed by atoms with Gasteiger partial charge in [0.2, 0.25) is 0 Å². The van der Waals surface area contributed by atoms with E-state index in [1.165, 1.54) is 11.3 Å². The molecule has 0 fully saturated rings. The summed E-state index contributed by atoms with van der Waals surface area (Å²) in [4.78, 5) is 0. The van der Waals surface area contributed by atoms with Crippen molar-refractivity contribution in [3.8, 4) is 0 Å². The standard InChI is InChI=1S/C13H16N2/c1-14-10-13-8-5-9-15(13)11-12-6-3-2-4-7-12/h2-9,14H,10-11H2,1H3. The second-order valence-electron chi connectivity index (χ2n) is 3.64. The zero-order valence-electron chi connectivity index (χ0n) is 8.98. The third-order valence-corrected chi connectivity index (χ3v) is 2.48. The SMILES string of the molecule is CNCc1cccn1Cc1ccccc1. The summed E-state index contributed by atoms with van der Waals surface area (Å²) in [6, 6.07) is 14.8. The smallest absolute Gasteiger partial charge is 0.0473 e. The number of nitrogens with one attached hydrogen (secondary N) is 1. The Morgan fingerprint density at radius 1 is 1.07 bits per heavy atom. The normalized spacial score (nSPS) is 10.5. The molecule has 2 nitrogen and oxygen atoms in total. The van der Waals surface area contributed by atoms with Crippen LogP contribution in [0.3, 0.4) is 0 Å². The fourth-order valence-electron chi connectivity index (χ4n) is 1.73. The van der Waals surface area contributed by atoms with E-state index in [1.807, 2.05) is 13.1 Å². The Bertz CT molecular complexity index is 403. The average Bonchev–Trinajstić information content (AvgIpc) is 2.68. The zero-order valence-corrected chi connectivity index (χ0v) is 8.98. The van der Waals surface area contributed by atoms with E-state index in [1.54, 1.807) is 0 Å². The third kappa shape index (κ3) is 2.48. The Labute approximate surface area is 90.6 Å². The maximum Gasteiger partial charge on any atom is 0.0473 e. The monoisotopic (exact) mass is 200 g/mol. The van der Waals surface area contributed by atoms with Gasteiger partial charge in [-0.25, -0.2) is 0 Å². The van der Waals surface area contributed by atoms with Gasteiger partial charge in [0.15, 0.2) is 0 Å². The zero-order chi connectivity index (χ0) is 10.5. The van der Waals surface area contributed by atoms with Crippen LogP contribution in [0.1, 0.15) is 11.3 Å². The van der Waals surface area contributed by atoms with E-state index in [9.17, 15) is 0 Å². The minimum atomic E-state index is 0.917. The van der Waals surface area contributed by atoms with Crippen molar-refractivity contribution in [2.75, 3.05) is 7.05 Å². The molecule has 0 bridgehead atoms. The highest BCUT2D eigenvalue weighted by molar-refractivity contribution is 5.17. The molecule has 0 amide bonds. The van der Waals surface area contributed by atoms with E-state index in [2.05, 4.69) is 52.5 Å². The minimum absolute atomic E-state index is 0.917. The minimum Gasteiger partial charge on any atom is -0.346 e. The summed E-state index contributed by atoms with van der Waals surface area (Å²) in [6.07, 6.45) is 2.12. The molecule has 0 saturated carbocycles. The number of nitrogens with zero attached hydrogens (tertiary/aromatic N) is 1. The molecule has 15 heavy (non-hydrogen) atoms. The molecule has 1 N–H and O–H groups in total. The van der Waals surface area contributed by atoms with E-state index in [-0.39, 0.29) is 0 Å². The predicted molar refractivity (Wildman–Crippen MR) is 62.7 cm³/mol. The number of hydrogen-bond donors (Lipinski definition) is 1. The first-order valence-electron chi connectivity index (χ1n) is 5.22. The van der Waals surface area contributed by atoms with Crippen molar-refractivity contribution >= 4 is 0 Å². The maximum absolute atomic E-state index is 3.18. The molecule has 2 heteroatoms. The highest BCUT2D eigenvalue weighted by Gasteiger charge is 1.99. The van der Waals surface area contributed by atoms with Crippen LogP contribution in [-0.4, -0.2) is 11.6 Å². The van der Waals surface area contributed by atoms with Crippen molar-refractivity contribution in [1.82, 2.24) is 9.88 Å². The Balaban J connectivity index is 2.14. The lowest BCUT2D eigenvalue weighted by atomic mass is 10.2. The van der Waals surface area contributed by atoms with Gasteiger partial charge < -0.3 is 9.88 Å². The van der Waals surface area contributed by atoms with Crippen molar-refractivity contribution in [3.05, 3.63) is 59.9 Å².